The highest BCUT2D eigenvalue weighted by atomic mass is 79.9. The zero-order valence-corrected chi connectivity index (χ0v) is 18.5. The summed E-state index contributed by atoms with van der Waals surface area (Å²) in [6.07, 6.45) is 0. The summed E-state index contributed by atoms with van der Waals surface area (Å²) in [6, 6.07) is 19.6. The predicted molar refractivity (Wildman–Crippen MR) is 121 cm³/mol. The first-order valence-corrected chi connectivity index (χ1v) is 11.0. The number of nitrogens with zero attached hydrogens (tertiary/aromatic N) is 2. The van der Waals surface area contributed by atoms with Crippen LogP contribution in [0.15, 0.2) is 74.8 Å². The van der Waals surface area contributed by atoms with E-state index in [-0.39, 0.29) is 18.3 Å². The number of hydrogen-bond donors (Lipinski definition) is 1. The summed E-state index contributed by atoms with van der Waals surface area (Å²) in [5.41, 5.74) is 1.80. The molecule has 4 rings (SSSR count). The number of carbonyl (C=O) groups excluding carboxylic acids is 1. The van der Waals surface area contributed by atoms with Gasteiger partial charge in [0.1, 0.15) is 5.75 Å². The third-order valence-corrected chi connectivity index (χ3v) is 6.01. The molecule has 1 heterocycles. The molecule has 0 bridgehead atoms. The molecule has 0 saturated heterocycles. The summed E-state index contributed by atoms with van der Waals surface area (Å²) < 4.78 is 12.3. The quantitative estimate of drug-likeness (QED) is 0.344. The van der Waals surface area contributed by atoms with E-state index >= 15 is 0 Å². The average molecular weight is 484 g/mol. The van der Waals surface area contributed by atoms with Crippen LogP contribution in [0.5, 0.6) is 5.75 Å². The minimum Gasteiger partial charge on any atom is -0.484 e. The van der Waals surface area contributed by atoms with E-state index in [4.69, 9.17) is 9.15 Å². The number of rotatable bonds is 7. The Morgan fingerprint density at radius 3 is 2.77 bits per heavy atom. The molecule has 4 aromatic rings. The Labute approximate surface area is 186 Å². The summed E-state index contributed by atoms with van der Waals surface area (Å²) in [6.45, 7) is 2.13. The van der Waals surface area contributed by atoms with Gasteiger partial charge in [-0.25, -0.2) is 0 Å². The molecule has 0 saturated carbocycles. The Morgan fingerprint density at radius 1 is 1.10 bits per heavy atom. The van der Waals surface area contributed by atoms with Crippen molar-refractivity contribution in [3.8, 4) is 5.75 Å². The van der Waals surface area contributed by atoms with Crippen LogP contribution in [-0.4, -0.2) is 21.9 Å². The molecule has 30 heavy (non-hydrogen) atoms. The second-order valence-electron chi connectivity index (χ2n) is 6.56. The Hall–Kier alpha value is -2.84. The molecule has 0 aliphatic heterocycles. The van der Waals surface area contributed by atoms with Crippen LogP contribution in [0.3, 0.4) is 0 Å². The molecular weight excluding hydrogens is 466 g/mol. The number of halogens is 1. The zero-order valence-electron chi connectivity index (χ0n) is 16.1. The maximum Gasteiger partial charge on any atom is 0.277 e. The number of amides is 1. The lowest BCUT2D eigenvalue weighted by atomic mass is 10.1. The van der Waals surface area contributed by atoms with E-state index in [1.807, 2.05) is 61.5 Å². The lowest BCUT2D eigenvalue weighted by Crippen LogP contribution is -2.14. The van der Waals surface area contributed by atoms with E-state index in [0.717, 1.165) is 32.2 Å². The first kappa shape index (κ1) is 20.4. The lowest BCUT2D eigenvalue weighted by Gasteiger charge is -2.06. The maximum absolute atomic E-state index is 12.1. The largest absolute Gasteiger partial charge is 0.484 e. The fourth-order valence-electron chi connectivity index (χ4n) is 2.80. The van der Waals surface area contributed by atoms with Gasteiger partial charge in [-0.3, -0.25) is 4.79 Å². The molecule has 1 N–H and O–H groups in total. The van der Waals surface area contributed by atoms with Gasteiger partial charge < -0.3 is 14.5 Å². The van der Waals surface area contributed by atoms with Crippen LogP contribution in [0.25, 0.3) is 10.8 Å². The van der Waals surface area contributed by atoms with E-state index < -0.39 is 0 Å². The summed E-state index contributed by atoms with van der Waals surface area (Å²) in [4.78, 5) is 12.1. The minimum atomic E-state index is -0.145. The van der Waals surface area contributed by atoms with Crippen LogP contribution in [0.1, 0.15) is 11.5 Å². The van der Waals surface area contributed by atoms with Gasteiger partial charge in [-0.1, -0.05) is 58.0 Å². The number of benzene rings is 3. The molecule has 1 aromatic heterocycles. The molecular formula is C22H18BrN3O3S. The number of anilines is 1. The predicted octanol–water partition coefficient (Wildman–Crippen LogP) is 5.60. The van der Waals surface area contributed by atoms with Crippen molar-refractivity contribution in [1.82, 2.24) is 10.2 Å². The van der Waals surface area contributed by atoms with Gasteiger partial charge in [-0.15, -0.1) is 10.2 Å². The molecule has 0 atom stereocenters. The number of thioether (sulfide) groups is 1. The van der Waals surface area contributed by atoms with Crippen LogP contribution in [0.2, 0.25) is 0 Å². The van der Waals surface area contributed by atoms with Gasteiger partial charge in [0, 0.05) is 10.2 Å². The number of nitrogens with one attached hydrogen (secondary N) is 1. The fourth-order valence-corrected chi connectivity index (χ4v) is 3.63. The van der Waals surface area contributed by atoms with Gasteiger partial charge in [-0.2, -0.15) is 0 Å². The molecule has 152 valence electrons. The standard InChI is InChI=1S/C22H18BrN3O3S/c1-14-10-17(7-9-19(14)23)24-20(27)13-30-22-26-25-21(29-22)12-28-18-8-6-15-4-2-3-5-16(15)11-18/h2-11H,12-13H2,1H3,(H,24,27). The summed E-state index contributed by atoms with van der Waals surface area (Å²) >= 11 is 4.62. The Morgan fingerprint density at radius 2 is 1.93 bits per heavy atom. The molecule has 8 heteroatoms. The van der Waals surface area contributed by atoms with Crippen molar-refractivity contribution < 1.29 is 13.9 Å². The fraction of sp³-hybridized carbons (Fsp3) is 0.136. The zero-order chi connectivity index (χ0) is 20.9. The first-order chi connectivity index (χ1) is 14.6. The second kappa shape index (κ2) is 9.32. The van der Waals surface area contributed by atoms with Gasteiger partial charge in [-0.05, 0) is 53.6 Å². The van der Waals surface area contributed by atoms with Crippen LogP contribution in [0, 0.1) is 6.92 Å². The van der Waals surface area contributed by atoms with Gasteiger partial charge >= 0.3 is 0 Å². The molecule has 3 aromatic carbocycles. The minimum absolute atomic E-state index is 0.145. The first-order valence-electron chi connectivity index (χ1n) is 9.19. The van der Waals surface area contributed by atoms with Gasteiger partial charge in [0.15, 0.2) is 6.61 Å². The number of carbonyl (C=O) groups is 1. The Balaban J connectivity index is 1.28. The van der Waals surface area contributed by atoms with E-state index in [2.05, 4.69) is 37.5 Å². The highest BCUT2D eigenvalue weighted by Gasteiger charge is 2.11. The van der Waals surface area contributed by atoms with Crippen molar-refractivity contribution in [3.63, 3.8) is 0 Å². The van der Waals surface area contributed by atoms with E-state index in [0.29, 0.717) is 11.1 Å². The van der Waals surface area contributed by atoms with Gasteiger partial charge in [0.05, 0.1) is 5.75 Å². The van der Waals surface area contributed by atoms with Gasteiger partial charge in [0.25, 0.3) is 11.1 Å². The molecule has 0 fully saturated rings. The van der Waals surface area contributed by atoms with Crippen molar-refractivity contribution in [3.05, 3.63) is 76.6 Å². The SMILES string of the molecule is Cc1cc(NC(=O)CSc2nnc(COc3ccc4ccccc4c3)o2)ccc1Br. The maximum atomic E-state index is 12.1. The van der Waals surface area contributed by atoms with Crippen molar-refractivity contribution >= 4 is 50.1 Å². The van der Waals surface area contributed by atoms with Crippen LogP contribution in [-0.2, 0) is 11.4 Å². The molecule has 0 radical (unpaired) electrons. The number of aromatic nitrogens is 2. The van der Waals surface area contributed by atoms with E-state index in [9.17, 15) is 4.79 Å². The normalized spacial score (nSPS) is 10.9. The summed E-state index contributed by atoms with van der Waals surface area (Å²) in [5, 5.41) is 13.4. The van der Waals surface area contributed by atoms with E-state index in [1.54, 1.807) is 0 Å². The van der Waals surface area contributed by atoms with Crippen molar-refractivity contribution in [2.24, 2.45) is 0 Å². The van der Waals surface area contributed by atoms with Gasteiger partial charge in [0.2, 0.25) is 5.91 Å². The lowest BCUT2D eigenvalue weighted by molar-refractivity contribution is -0.113. The van der Waals surface area contributed by atoms with Crippen molar-refractivity contribution in [2.45, 2.75) is 18.8 Å². The highest BCUT2D eigenvalue weighted by molar-refractivity contribution is 9.10. The molecule has 1 amide bonds. The molecule has 6 nitrogen and oxygen atoms in total. The third kappa shape index (κ3) is 5.20. The monoisotopic (exact) mass is 483 g/mol. The molecule has 0 unspecified atom stereocenters. The Kier molecular flexibility index (Phi) is 6.35. The van der Waals surface area contributed by atoms with Crippen molar-refractivity contribution in [2.75, 3.05) is 11.1 Å². The number of ether oxygens (including phenoxy) is 1. The third-order valence-electron chi connectivity index (χ3n) is 4.30. The van der Waals surface area contributed by atoms with Crippen LogP contribution in [0.4, 0.5) is 5.69 Å². The number of hydrogen-bond acceptors (Lipinski definition) is 6. The average Bonchev–Trinajstić information content (AvgIpc) is 3.21. The molecule has 0 spiro atoms. The smallest absolute Gasteiger partial charge is 0.277 e. The second-order valence-corrected chi connectivity index (χ2v) is 8.34. The molecule has 0 aliphatic rings. The topological polar surface area (TPSA) is 77.2 Å². The van der Waals surface area contributed by atoms with Crippen LogP contribution >= 0.6 is 27.7 Å². The molecule has 0 aliphatic carbocycles. The van der Waals surface area contributed by atoms with Crippen molar-refractivity contribution in [1.29, 1.82) is 0 Å². The Bertz CT molecular complexity index is 1200. The summed E-state index contributed by atoms with van der Waals surface area (Å²) in [7, 11) is 0. The summed E-state index contributed by atoms with van der Waals surface area (Å²) in [5.74, 6) is 1.11. The van der Waals surface area contributed by atoms with Crippen LogP contribution < -0.4 is 10.1 Å². The highest BCUT2D eigenvalue weighted by Crippen LogP contribution is 2.23. The number of aryl methyl sites for hydroxylation is 1. The number of fused-ring (bicyclic) bond motifs is 1. The van der Waals surface area contributed by atoms with E-state index in [1.165, 1.54) is 11.8 Å².